The topological polar surface area (TPSA) is 80.8 Å². The van der Waals surface area contributed by atoms with E-state index in [1.807, 2.05) is 6.92 Å². The Hall–Kier alpha value is -1.73. The Kier molecular flexibility index (Phi) is 6.01. The van der Waals surface area contributed by atoms with E-state index in [1.165, 1.54) is 17.0 Å². The molecule has 7 heteroatoms. The average molecular weight is 394 g/mol. The van der Waals surface area contributed by atoms with Crippen LogP contribution in [0, 0.1) is 12.3 Å². The van der Waals surface area contributed by atoms with E-state index >= 15 is 0 Å². The number of carbonyl (C=O) groups is 2. The van der Waals surface area contributed by atoms with Crippen molar-refractivity contribution in [2.24, 2.45) is 5.41 Å². The third-order valence-corrected chi connectivity index (χ3v) is 6.97. The highest BCUT2D eigenvalue weighted by Crippen LogP contribution is 2.46. The van der Waals surface area contributed by atoms with Gasteiger partial charge in [-0.2, -0.15) is 8.42 Å². The summed E-state index contributed by atoms with van der Waals surface area (Å²) in [5.41, 5.74) is 0.889. The van der Waals surface area contributed by atoms with Crippen molar-refractivity contribution in [3.8, 4) is 0 Å². The van der Waals surface area contributed by atoms with E-state index in [9.17, 15) is 18.0 Å². The summed E-state index contributed by atoms with van der Waals surface area (Å²) >= 11 is 0. The van der Waals surface area contributed by atoms with Crippen LogP contribution in [0.1, 0.15) is 56.9 Å². The van der Waals surface area contributed by atoms with Crippen LogP contribution in [0.5, 0.6) is 0 Å². The number of aryl methyl sites for hydroxylation is 1. The summed E-state index contributed by atoms with van der Waals surface area (Å²) in [4.78, 5) is 26.2. The van der Waals surface area contributed by atoms with Crippen molar-refractivity contribution in [1.29, 1.82) is 0 Å². The number of piperidine rings is 1. The molecule has 1 saturated heterocycles. The smallest absolute Gasteiger partial charge is 0.283 e. The molecule has 0 radical (unpaired) electrons. The summed E-state index contributed by atoms with van der Waals surface area (Å²) in [6.07, 6.45) is 6.10. The van der Waals surface area contributed by atoms with Gasteiger partial charge in [-0.05, 0) is 50.2 Å². The predicted octanol–water partition coefficient (Wildman–Crippen LogP) is 3.19. The van der Waals surface area contributed by atoms with Gasteiger partial charge in [-0.25, -0.2) is 0 Å². The Balaban J connectivity index is 1.43. The standard InChI is InChI=1S/C20H27NO5S/c1-16-6-8-17(9-7-16)27(24,25)26-13-5-4-12-21-18(22)14-20(15-19(21)23)10-2-3-11-20/h6-9H,2-5,10-15H2,1H3. The van der Waals surface area contributed by atoms with E-state index in [0.29, 0.717) is 32.2 Å². The Labute approximate surface area is 161 Å². The Morgan fingerprint density at radius 3 is 2.19 bits per heavy atom. The quantitative estimate of drug-likeness (QED) is 0.404. The van der Waals surface area contributed by atoms with Gasteiger partial charge in [-0.1, -0.05) is 30.5 Å². The highest BCUT2D eigenvalue weighted by molar-refractivity contribution is 7.86. The molecule has 1 spiro atoms. The first-order valence-corrected chi connectivity index (χ1v) is 11.0. The van der Waals surface area contributed by atoms with Gasteiger partial charge in [0, 0.05) is 19.4 Å². The molecule has 1 aromatic carbocycles. The molecule has 1 aliphatic heterocycles. The first-order valence-electron chi connectivity index (χ1n) is 9.61. The van der Waals surface area contributed by atoms with Crippen molar-refractivity contribution in [2.45, 2.75) is 63.2 Å². The molecule has 27 heavy (non-hydrogen) atoms. The zero-order valence-electron chi connectivity index (χ0n) is 15.8. The molecule has 148 valence electrons. The largest absolute Gasteiger partial charge is 0.296 e. The summed E-state index contributed by atoms with van der Waals surface area (Å²) in [6, 6.07) is 6.49. The summed E-state index contributed by atoms with van der Waals surface area (Å²) in [6.45, 7) is 2.26. The van der Waals surface area contributed by atoms with E-state index < -0.39 is 10.1 Å². The van der Waals surface area contributed by atoms with Crippen molar-refractivity contribution in [3.63, 3.8) is 0 Å². The molecule has 0 N–H and O–H groups in total. The number of unbranched alkanes of at least 4 members (excludes halogenated alkanes) is 1. The molecule has 1 heterocycles. The van der Waals surface area contributed by atoms with E-state index in [4.69, 9.17) is 4.18 Å². The van der Waals surface area contributed by atoms with Gasteiger partial charge in [0.25, 0.3) is 10.1 Å². The minimum absolute atomic E-state index is 0.0381. The molecule has 0 unspecified atom stereocenters. The first kappa shape index (κ1) is 20.0. The SMILES string of the molecule is Cc1ccc(S(=O)(=O)OCCCCN2C(=O)CC3(CCCC3)CC2=O)cc1. The second-order valence-electron chi connectivity index (χ2n) is 7.80. The van der Waals surface area contributed by atoms with Crippen molar-refractivity contribution < 1.29 is 22.2 Å². The van der Waals surface area contributed by atoms with Crippen LogP contribution < -0.4 is 0 Å². The fraction of sp³-hybridized carbons (Fsp3) is 0.600. The number of imide groups is 1. The van der Waals surface area contributed by atoms with Gasteiger partial charge in [-0.15, -0.1) is 0 Å². The van der Waals surface area contributed by atoms with E-state index in [1.54, 1.807) is 12.1 Å². The Morgan fingerprint density at radius 1 is 1.00 bits per heavy atom. The number of rotatable bonds is 7. The van der Waals surface area contributed by atoms with Crippen LogP contribution in [0.25, 0.3) is 0 Å². The maximum atomic E-state index is 12.4. The lowest BCUT2D eigenvalue weighted by Crippen LogP contribution is -2.47. The molecule has 1 saturated carbocycles. The zero-order valence-corrected chi connectivity index (χ0v) is 16.6. The summed E-state index contributed by atoms with van der Waals surface area (Å²) < 4.78 is 29.3. The monoisotopic (exact) mass is 393 g/mol. The van der Waals surface area contributed by atoms with Crippen molar-refractivity contribution in [1.82, 2.24) is 4.90 Å². The number of hydrogen-bond acceptors (Lipinski definition) is 5. The number of amides is 2. The van der Waals surface area contributed by atoms with Crippen molar-refractivity contribution in [2.75, 3.05) is 13.2 Å². The second-order valence-corrected chi connectivity index (χ2v) is 9.41. The van der Waals surface area contributed by atoms with Crippen LogP contribution in [0.2, 0.25) is 0 Å². The van der Waals surface area contributed by atoms with Crippen molar-refractivity contribution in [3.05, 3.63) is 29.8 Å². The lowest BCUT2D eigenvalue weighted by Gasteiger charge is -2.37. The van der Waals surface area contributed by atoms with E-state index in [-0.39, 0.29) is 28.7 Å². The minimum atomic E-state index is -3.77. The van der Waals surface area contributed by atoms with Crippen LogP contribution in [0.15, 0.2) is 29.2 Å². The second kappa shape index (κ2) is 8.10. The maximum absolute atomic E-state index is 12.4. The van der Waals surface area contributed by atoms with Gasteiger partial charge in [0.1, 0.15) is 0 Å². The fourth-order valence-corrected chi connectivity index (χ4v) is 5.02. The van der Waals surface area contributed by atoms with Crippen LogP contribution in [0.4, 0.5) is 0 Å². The third kappa shape index (κ3) is 4.76. The van der Waals surface area contributed by atoms with Gasteiger partial charge in [0.15, 0.2) is 0 Å². The van der Waals surface area contributed by atoms with E-state index in [0.717, 1.165) is 31.2 Å². The fourth-order valence-electron chi connectivity index (χ4n) is 4.08. The Morgan fingerprint density at radius 2 is 1.59 bits per heavy atom. The summed E-state index contributed by atoms with van der Waals surface area (Å²) in [5.74, 6) is -0.164. The maximum Gasteiger partial charge on any atom is 0.296 e. The molecule has 6 nitrogen and oxygen atoms in total. The molecular formula is C20H27NO5S. The van der Waals surface area contributed by atoms with E-state index in [2.05, 4.69) is 0 Å². The lowest BCUT2D eigenvalue weighted by molar-refractivity contribution is -0.153. The molecule has 2 aliphatic rings. The van der Waals surface area contributed by atoms with Gasteiger partial charge in [-0.3, -0.25) is 18.7 Å². The number of likely N-dealkylation sites (tertiary alicyclic amines) is 1. The first-order chi connectivity index (χ1) is 12.8. The molecule has 2 amide bonds. The molecule has 0 atom stereocenters. The molecule has 1 aliphatic carbocycles. The average Bonchev–Trinajstić information content (AvgIpc) is 3.04. The third-order valence-electron chi connectivity index (χ3n) is 5.64. The number of carbonyl (C=O) groups excluding carboxylic acids is 2. The molecule has 2 fully saturated rings. The number of benzene rings is 1. The van der Waals surface area contributed by atoms with Gasteiger partial charge in [0.05, 0.1) is 11.5 Å². The molecule has 1 aromatic rings. The lowest BCUT2D eigenvalue weighted by atomic mass is 9.76. The predicted molar refractivity (Wildman–Crippen MR) is 100 cm³/mol. The van der Waals surface area contributed by atoms with Crippen LogP contribution in [-0.4, -0.2) is 38.3 Å². The summed E-state index contributed by atoms with van der Waals surface area (Å²) in [7, 11) is -3.77. The van der Waals surface area contributed by atoms with Crippen molar-refractivity contribution >= 4 is 21.9 Å². The van der Waals surface area contributed by atoms with Gasteiger partial charge in [0.2, 0.25) is 11.8 Å². The van der Waals surface area contributed by atoms with Gasteiger partial charge >= 0.3 is 0 Å². The molecule has 0 bridgehead atoms. The number of nitrogens with zero attached hydrogens (tertiary/aromatic N) is 1. The van der Waals surface area contributed by atoms with Crippen LogP contribution in [0.3, 0.4) is 0 Å². The molecular weight excluding hydrogens is 366 g/mol. The zero-order chi connectivity index (χ0) is 19.5. The number of hydrogen-bond donors (Lipinski definition) is 0. The van der Waals surface area contributed by atoms with Crippen LogP contribution in [-0.2, 0) is 23.9 Å². The molecule has 3 rings (SSSR count). The summed E-state index contributed by atoms with van der Waals surface area (Å²) in [5, 5.41) is 0. The highest BCUT2D eigenvalue weighted by atomic mass is 32.2. The molecule has 0 aromatic heterocycles. The van der Waals surface area contributed by atoms with Crippen LogP contribution >= 0.6 is 0 Å². The van der Waals surface area contributed by atoms with Gasteiger partial charge < -0.3 is 0 Å². The Bertz CT molecular complexity index is 774. The minimum Gasteiger partial charge on any atom is -0.283 e. The highest BCUT2D eigenvalue weighted by Gasteiger charge is 2.44. The normalized spacial score (nSPS) is 19.8.